The van der Waals surface area contributed by atoms with Gasteiger partial charge in [0.05, 0.1) is 5.69 Å². The first-order valence-corrected chi connectivity index (χ1v) is 6.47. The number of phenols is 1. The molecule has 0 radical (unpaired) electrons. The molecule has 0 amide bonds. The van der Waals surface area contributed by atoms with Crippen molar-refractivity contribution in [1.29, 1.82) is 0 Å². The summed E-state index contributed by atoms with van der Waals surface area (Å²) in [5, 5.41) is 17.3. The van der Waals surface area contributed by atoms with Crippen LogP contribution in [0.15, 0.2) is 28.8 Å². The highest BCUT2D eigenvalue weighted by Crippen LogP contribution is 2.27. The lowest BCUT2D eigenvalue weighted by atomic mass is 10.0. The third-order valence-corrected chi connectivity index (χ3v) is 3.42. The predicted octanol–water partition coefficient (Wildman–Crippen LogP) is 3.41. The molecule has 2 aromatic rings. The minimum atomic E-state index is 0.0462. The van der Waals surface area contributed by atoms with Gasteiger partial charge in [0.2, 0.25) is 0 Å². The van der Waals surface area contributed by atoms with Crippen LogP contribution in [0.2, 0.25) is 0 Å². The highest BCUT2D eigenvalue weighted by Gasteiger charge is 2.19. The van der Waals surface area contributed by atoms with Crippen LogP contribution >= 0.6 is 0 Å². The van der Waals surface area contributed by atoms with Crippen molar-refractivity contribution >= 4 is 0 Å². The number of benzene rings is 1. The largest absolute Gasteiger partial charge is 0.508 e. The molecule has 2 N–H and O–H groups in total. The summed E-state index contributed by atoms with van der Waals surface area (Å²) < 4.78 is 5.19. The van der Waals surface area contributed by atoms with Gasteiger partial charge < -0.3 is 14.9 Å². The van der Waals surface area contributed by atoms with Gasteiger partial charge >= 0.3 is 0 Å². The van der Waals surface area contributed by atoms with Crippen LogP contribution in [-0.4, -0.2) is 10.3 Å². The Balaban J connectivity index is 2.16. The van der Waals surface area contributed by atoms with Gasteiger partial charge in [-0.3, -0.25) is 0 Å². The number of phenolic OH excluding ortho intramolecular Hbond substituents is 1. The number of aryl methyl sites for hydroxylation is 2. The van der Waals surface area contributed by atoms with Crippen molar-refractivity contribution in [2.75, 3.05) is 0 Å². The zero-order chi connectivity index (χ0) is 14.0. The second-order valence-electron chi connectivity index (χ2n) is 4.91. The van der Waals surface area contributed by atoms with Gasteiger partial charge in [-0.05, 0) is 33.8 Å². The Hall–Kier alpha value is -1.81. The first-order valence-electron chi connectivity index (χ1n) is 6.47. The maximum absolute atomic E-state index is 9.86. The van der Waals surface area contributed by atoms with E-state index >= 15 is 0 Å². The first kappa shape index (κ1) is 13.6. The number of hydrogen-bond acceptors (Lipinski definition) is 4. The average molecular weight is 260 g/mol. The van der Waals surface area contributed by atoms with Crippen molar-refractivity contribution in [1.82, 2.24) is 10.5 Å². The second kappa shape index (κ2) is 5.45. The summed E-state index contributed by atoms with van der Waals surface area (Å²) in [4.78, 5) is 0. The van der Waals surface area contributed by atoms with Gasteiger partial charge in [0.15, 0.2) is 0 Å². The highest BCUT2D eigenvalue weighted by molar-refractivity contribution is 5.34. The molecule has 4 heteroatoms. The molecule has 0 saturated carbocycles. The van der Waals surface area contributed by atoms with Crippen molar-refractivity contribution in [3.8, 4) is 5.75 Å². The monoisotopic (exact) mass is 260 g/mol. The molecule has 1 aromatic carbocycles. The van der Waals surface area contributed by atoms with Gasteiger partial charge in [0.25, 0.3) is 0 Å². The van der Waals surface area contributed by atoms with Crippen LogP contribution in [0.4, 0.5) is 0 Å². The minimum absolute atomic E-state index is 0.0462. The second-order valence-corrected chi connectivity index (χ2v) is 4.91. The molecule has 1 heterocycles. The number of aromatic nitrogens is 1. The molecule has 1 aromatic heterocycles. The fraction of sp³-hybridized carbons (Fsp3) is 0.400. The number of nitrogens with zero attached hydrogens (tertiary/aromatic N) is 1. The normalized spacial score (nSPS) is 14.3. The molecule has 0 fully saturated rings. The number of nitrogens with one attached hydrogen (secondary N) is 1. The standard InChI is InChI=1S/C15H20N2O2/c1-9(13-7-5-6-8-14(13)18)16-10(2)15-11(3)17-19-12(15)4/h5-10,16,18H,1-4H3. The average Bonchev–Trinajstić information content (AvgIpc) is 2.69. The Bertz CT molecular complexity index is 544. The number of aromatic hydroxyl groups is 1. The summed E-state index contributed by atoms with van der Waals surface area (Å²) in [5.41, 5.74) is 2.88. The summed E-state index contributed by atoms with van der Waals surface area (Å²) in [6.45, 7) is 7.96. The fourth-order valence-corrected chi connectivity index (χ4v) is 2.51. The molecule has 0 saturated heterocycles. The highest BCUT2D eigenvalue weighted by atomic mass is 16.5. The number of rotatable bonds is 4. The molecule has 2 atom stereocenters. The summed E-state index contributed by atoms with van der Waals surface area (Å²) >= 11 is 0. The molecule has 0 aliphatic heterocycles. The Morgan fingerprint density at radius 3 is 2.42 bits per heavy atom. The van der Waals surface area contributed by atoms with E-state index in [-0.39, 0.29) is 12.1 Å². The van der Waals surface area contributed by atoms with E-state index in [0.29, 0.717) is 5.75 Å². The number of para-hydroxylation sites is 1. The zero-order valence-electron chi connectivity index (χ0n) is 11.8. The van der Waals surface area contributed by atoms with Gasteiger partial charge in [-0.25, -0.2) is 0 Å². The van der Waals surface area contributed by atoms with Crippen LogP contribution in [0, 0.1) is 13.8 Å². The third kappa shape index (κ3) is 2.79. The Morgan fingerprint density at radius 2 is 1.84 bits per heavy atom. The molecule has 4 nitrogen and oxygen atoms in total. The molecule has 2 unspecified atom stereocenters. The molecule has 102 valence electrons. The smallest absolute Gasteiger partial charge is 0.138 e. The molecule has 0 aliphatic carbocycles. The van der Waals surface area contributed by atoms with Gasteiger partial charge in [0.1, 0.15) is 11.5 Å². The van der Waals surface area contributed by atoms with Crippen LogP contribution in [0.3, 0.4) is 0 Å². The summed E-state index contributed by atoms with van der Waals surface area (Å²) in [6, 6.07) is 7.53. The topological polar surface area (TPSA) is 58.3 Å². The Kier molecular flexibility index (Phi) is 3.90. The van der Waals surface area contributed by atoms with E-state index in [0.717, 1.165) is 22.6 Å². The Labute approximate surface area is 113 Å². The van der Waals surface area contributed by atoms with Crippen LogP contribution in [-0.2, 0) is 0 Å². The van der Waals surface area contributed by atoms with Gasteiger partial charge in [-0.2, -0.15) is 0 Å². The lowest BCUT2D eigenvalue weighted by Crippen LogP contribution is -2.23. The maximum Gasteiger partial charge on any atom is 0.138 e. The van der Waals surface area contributed by atoms with Crippen molar-refractivity contribution in [3.63, 3.8) is 0 Å². The van der Waals surface area contributed by atoms with E-state index in [1.807, 2.05) is 39.0 Å². The van der Waals surface area contributed by atoms with Gasteiger partial charge in [0, 0.05) is 23.2 Å². The van der Waals surface area contributed by atoms with E-state index in [9.17, 15) is 5.11 Å². The van der Waals surface area contributed by atoms with Crippen molar-refractivity contribution in [2.45, 2.75) is 39.8 Å². The first-order chi connectivity index (χ1) is 9.00. The van der Waals surface area contributed by atoms with E-state index in [1.54, 1.807) is 6.07 Å². The lowest BCUT2D eigenvalue weighted by molar-refractivity contribution is 0.389. The van der Waals surface area contributed by atoms with E-state index < -0.39 is 0 Å². The Morgan fingerprint density at radius 1 is 1.16 bits per heavy atom. The summed E-state index contributed by atoms with van der Waals surface area (Å²) in [5.74, 6) is 1.15. The zero-order valence-corrected chi connectivity index (χ0v) is 11.8. The van der Waals surface area contributed by atoms with Crippen molar-refractivity contribution in [3.05, 3.63) is 46.8 Å². The summed E-state index contributed by atoms with van der Waals surface area (Å²) in [7, 11) is 0. The molecule has 0 aliphatic rings. The van der Waals surface area contributed by atoms with Crippen LogP contribution in [0.1, 0.15) is 48.5 Å². The quantitative estimate of drug-likeness (QED) is 0.884. The maximum atomic E-state index is 9.86. The van der Waals surface area contributed by atoms with Gasteiger partial charge in [-0.1, -0.05) is 23.4 Å². The van der Waals surface area contributed by atoms with Gasteiger partial charge in [-0.15, -0.1) is 0 Å². The molecular formula is C15H20N2O2. The molecule has 0 spiro atoms. The lowest BCUT2D eigenvalue weighted by Gasteiger charge is -2.21. The molecule has 2 rings (SSSR count). The van der Waals surface area contributed by atoms with E-state index in [2.05, 4.69) is 17.4 Å². The summed E-state index contributed by atoms with van der Waals surface area (Å²) in [6.07, 6.45) is 0. The SMILES string of the molecule is Cc1noc(C)c1C(C)NC(C)c1ccccc1O. The molecule has 0 bridgehead atoms. The van der Waals surface area contributed by atoms with Crippen molar-refractivity contribution < 1.29 is 9.63 Å². The van der Waals surface area contributed by atoms with Crippen LogP contribution in [0.25, 0.3) is 0 Å². The molecular weight excluding hydrogens is 240 g/mol. The molecule has 19 heavy (non-hydrogen) atoms. The van der Waals surface area contributed by atoms with Crippen molar-refractivity contribution in [2.24, 2.45) is 0 Å². The fourth-order valence-electron chi connectivity index (χ4n) is 2.51. The third-order valence-electron chi connectivity index (χ3n) is 3.42. The van der Waals surface area contributed by atoms with E-state index in [4.69, 9.17) is 4.52 Å². The van der Waals surface area contributed by atoms with E-state index in [1.165, 1.54) is 0 Å². The predicted molar refractivity (Wildman–Crippen MR) is 74.0 cm³/mol. The number of hydrogen-bond donors (Lipinski definition) is 2. The minimum Gasteiger partial charge on any atom is -0.508 e. The van der Waals surface area contributed by atoms with Crippen LogP contribution in [0.5, 0.6) is 5.75 Å². The van der Waals surface area contributed by atoms with Crippen LogP contribution < -0.4 is 5.32 Å².